The minimum atomic E-state index is -0.906. The molecule has 0 radical (unpaired) electrons. The van der Waals surface area contributed by atoms with Gasteiger partial charge in [0.2, 0.25) is 0 Å². The average molecular weight is 695 g/mol. The molecule has 1 unspecified atom stereocenters. The fourth-order valence-corrected chi connectivity index (χ4v) is 10.8. The zero-order valence-electron chi connectivity index (χ0n) is 33.5. The molecule has 0 spiro atoms. The summed E-state index contributed by atoms with van der Waals surface area (Å²) in [6.45, 7) is 32.8. The highest BCUT2D eigenvalue weighted by Gasteiger charge is 2.44. The molecule has 0 saturated carbocycles. The molecule has 0 amide bonds. The maximum absolute atomic E-state index is 2.63. The van der Waals surface area contributed by atoms with Gasteiger partial charge in [0.15, 0.2) is 0 Å². The summed E-state index contributed by atoms with van der Waals surface area (Å²) in [6, 6.07) is 35.8. The van der Waals surface area contributed by atoms with E-state index in [9.17, 15) is 0 Å². The van der Waals surface area contributed by atoms with Crippen LogP contribution in [0.1, 0.15) is 116 Å². The van der Waals surface area contributed by atoms with E-state index in [0.717, 1.165) is 0 Å². The van der Waals surface area contributed by atoms with Crippen molar-refractivity contribution in [2.24, 2.45) is 0 Å². The van der Waals surface area contributed by atoms with Crippen molar-refractivity contribution in [1.82, 2.24) is 0 Å². The van der Waals surface area contributed by atoms with Crippen molar-refractivity contribution >= 4 is 45.0 Å². The standard InChI is InChI=1S/C48H58N2S/c1-30-15-21-34(22-16-30)49-38-25-17-31(2)27-40(38)51-41-28-33(46(6,7)8)20-26-39(41)50(35-23-18-32(19-24-35)45(3,4)5)43-37(48(12,13)14)29-36(47(9,10)11)42(49)44(43)51/h15-29,51H,1-14H3. The van der Waals surface area contributed by atoms with Crippen molar-refractivity contribution in [2.75, 3.05) is 9.80 Å². The number of fused-ring (bicyclic) bond motifs is 4. The predicted molar refractivity (Wildman–Crippen MR) is 224 cm³/mol. The van der Waals surface area contributed by atoms with Gasteiger partial charge in [-0.25, -0.2) is 0 Å². The summed E-state index contributed by atoms with van der Waals surface area (Å²) in [6.07, 6.45) is 0. The van der Waals surface area contributed by atoms with Crippen LogP contribution in [0.15, 0.2) is 106 Å². The normalized spacial score (nSPS) is 16.5. The number of benzene rings is 5. The Morgan fingerprint density at radius 1 is 0.412 bits per heavy atom. The smallest absolute Gasteiger partial charge is 0.0645 e. The molecule has 0 N–H and O–H groups in total. The summed E-state index contributed by atoms with van der Waals surface area (Å²) in [5.74, 6) is 0. The highest BCUT2D eigenvalue weighted by Crippen LogP contribution is 2.73. The predicted octanol–water partition coefficient (Wildman–Crippen LogP) is 14.5. The van der Waals surface area contributed by atoms with Gasteiger partial charge >= 0.3 is 0 Å². The largest absolute Gasteiger partial charge is 0.308 e. The topological polar surface area (TPSA) is 6.48 Å². The Bertz CT molecular complexity index is 2140. The van der Waals surface area contributed by atoms with Gasteiger partial charge in [-0.15, -0.1) is 0 Å². The SMILES string of the molecule is Cc1ccc(N2c3ccc(C)cc3[SH]3c4cc(C(C)(C)C)ccc4N(c4ccc(C(C)(C)C)cc4)c4c(C(C)(C)C)cc(C(C)(C)C)c2c43)cc1. The van der Waals surface area contributed by atoms with Gasteiger partial charge in [-0.1, -0.05) is 131 Å². The third kappa shape index (κ3) is 6.00. The molecule has 1 atom stereocenters. The number of aryl methyl sites for hydroxylation is 2. The second-order valence-electron chi connectivity index (χ2n) is 19.1. The van der Waals surface area contributed by atoms with Crippen molar-refractivity contribution in [1.29, 1.82) is 0 Å². The molecule has 0 aromatic heterocycles. The van der Waals surface area contributed by atoms with Crippen molar-refractivity contribution in [3.8, 4) is 0 Å². The van der Waals surface area contributed by atoms with Crippen LogP contribution in [0.4, 0.5) is 34.1 Å². The first-order chi connectivity index (χ1) is 23.7. The lowest BCUT2D eigenvalue weighted by atomic mass is 9.78. The van der Waals surface area contributed by atoms with E-state index in [0.29, 0.717) is 0 Å². The van der Waals surface area contributed by atoms with E-state index in [4.69, 9.17) is 0 Å². The molecule has 5 aromatic carbocycles. The van der Waals surface area contributed by atoms with E-state index in [-0.39, 0.29) is 21.7 Å². The van der Waals surface area contributed by atoms with E-state index >= 15 is 0 Å². The first-order valence-electron chi connectivity index (χ1n) is 18.7. The Morgan fingerprint density at radius 2 is 0.824 bits per heavy atom. The molecular formula is C48H58N2S. The Hall–Kier alpha value is -3.95. The van der Waals surface area contributed by atoms with Crippen LogP contribution in [0.3, 0.4) is 0 Å². The fraction of sp³-hybridized carbons (Fsp3) is 0.375. The van der Waals surface area contributed by atoms with Gasteiger partial charge in [0.25, 0.3) is 0 Å². The van der Waals surface area contributed by atoms with Gasteiger partial charge < -0.3 is 9.80 Å². The minimum absolute atomic E-state index is 0.0235. The lowest BCUT2D eigenvalue weighted by Crippen LogP contribution is -2.30. The first-order valence-corrected chi connectivity index (χ1v) is 20.1. The molecule has 0 bridgehead atoms. The van der Waals surface area contributed by atoms with E-state index in [1.54, 1.807) is 0 Å². The molecule has 0 aliphatic carbocycles. The van der Waals surface area contributed by atoms with Crippen LogP contribution in [0.5, 0.6) is 0 Å². The molecular weight excluding hydrogens is 637 g/mol. The molecule has 5 aromatic rings. The molecule has 0 fully saturated rings. The minimum Gasteiger partial charge on any atom is -0.308 e. The van der Waals surface area contributed by atoms with Crippen LogP contribution in [0, 0.1) is 13.8 Å². The van der Waals surface area contributed by atoms with Crippen molar-refractivity contribution in [3.63, 3.8) is 0 Å². The number of rotatable bonds is 2. The lowest BCUT2D eigenvalue weighted by molar-refractivity contribution is 0.566. The number of anilines is 6. The molecule has 7 rings (SSSR count). The van der Waals surface area contributed by atoms with E-state index < -0.39 is 10.9 Å². The second-order valence-corrected chi connectivity index (χ2v) is 21.2. The monoisotopic (exact) mass is 694 g/mol. The highest BCUT2D eigenvalue weighted by molar-refractivity contribution is 8.17. The molecule has 266 valence electrons. The highest BCUT2D eigenvalue weighted by atomic mass is 32.2. The Morgan fingerprint density at radius 3 is 1.29 bits per heavy atom. The summed E-state index contributed by atoms with van der Waals surface area (Å²) in [4.78, 5) is 9.62. The van der Waals surface area contributed by atoms with E-state index in [1.807, 2.05) is 0 Å². The maximum Gasteiger partial charge on any atom is 0.0645 e. The zero-order valence-corrected chi connectivity index (χ0v) is 34.4. The lowest BCUT2D eigenvalue weighted by Gasteiger charge is -2.50. The van der Waals surface area contributed by atoms with Gasteiger partial charge in [-0.05, 0) is 112 Å². The van der Waals surface area contributed by atoms with E-state index in [2.05, 4.69) is 198 Å². The Kier molecular flexibility index (Phi) is 8.19. The van der Waals surface area contributed by atoms with Crippen LogP contribution >= 0.6 is 10.9 Å². The summed E-state index contributed by atoms with van der Waals surface area (Å²) < 4.78 is 0. The van der Waals surface area contributed by atoms with Crippen LogP contribution in [-0.4, -0.2) is 0 Å². The quantitative estimate of drug-likeness (QED) is 0.180. The summed E-state index contributed by atoms with van der Waals surface area (Å²) in [5.41, 5.74) is 15.8. The second kappa shape index (κ2) is 11.8. The van der Waals surface area contributed by atoms with Crippen molar-refractivity contribution in [2.45, 2.75) is 133 Å². The molecule has 2 nitrogen and oxygen atoms in total. The van der Waals surface area contributed by atoms with Gasteiger partial charge in [-0.3, -0.25) is 0 Å². The van der Waals surface area contributed by atoms with Gasteiger partial charge in [-0.2, -0.15) is 10.9 Å². The summed E-state index contributed by atoms with van der Waals surface area (Å²) >= 11 is 0. The molecule has 2 aliphatic heterocycles. The zero-order chi connectivity index (χ0) is 37.0. The van der Waals surface area contributed by atoms with Crippen LogP contribution in [0.25, 0.3) is 0 Å². The Balaban J connectivity index is 1.70. The number of nitrogens with zero attached hydrogens (tertiary/aromatic N) is 2. The number of thiol groups is 1. The average Bonchev–Trinajstić information content (AvgIpc) is 3.03. The van der Waals surface area contributed by atoms with Gasteiger partial charge in [0.05, 0.1) is 22.7 Å². The van der Waals surface area contributed by atoms with Crippen molar-refractivity contribution in [3.05, 3.63) is 124 Å². The van der Waals surface area contributed by atoms with E-state index in [1.165, 1.54) is 82.2 Å². The summed E-state index contributed by atoms with van der Waals surface area (Å²) in [5, 5.41) is 0. The Labute approximate surface area is 311 Å². The molecule has 51 heavy (non-hydrogen) atoms. The maximum atomic E-state index is 2.63. The van der Waals surface area contributed by atoms with Crippen LogP contribution in [-0.2, 0) is 21.7 Å². The number of hydrogen-bond donors (Lipinski definition) is 1. The van der Waals surface area contributed by atoms with Gasteiger partial charge in [0.1, 0.15) is 0 Å². The molecule has 3 heteroatoms. The van der Waals surface area contributed by atoms with Gasteiger partial charge in [0, 0.05) is 26.1 Å². The molecule has 0 saturated heterocycles. The fourth-order valence-electron chi connectivity index (χ4n) is 7.77. The van der Waals surface area contributed by atoms with Crippen molar-refractivity contribution < 1.29 is 0 Å². The van der Waals surface area contributed by atoms with Crippen LogP contribution < -0.4 is 9.80 Å². The first kappa shape index (κ1) is 35.5. The number of hydrogen-bond acceptors (Lipinski definition) is 2. The third-order valence-corrected chi connectivity index (χ3v) is 13.3. The molecule has 2 aliphatic rings. The van der Waals surface area contributed by atoms with Crippen LogP contribution in [0.2, 0.25) is 0 Å². The molecule has 2 heterocycles. The summed E-state index contributed by atoms with van der Waals surface area (Å²) in [7, 11) is -0.906. The third-order valence-electron chi connectivity index (χ3n) is 10.8.